The van der Waals surface area contributed by atoms with Crippen molar-refractivity contribution in [3.63, 3.8) is 0 Å². The van der Waals surface area contributed by atoms with Crippen LogP contribution in [0, 0.1) is 0 Å². The summed E-state index contributed by atoms with van der Waals surface area (Å²) >= 11 is 6.35. The summed E-state index contributed by atoms with van der Waals surface area (Å²) in [5.74, 6) is -0.0752. The van der Waals surface area contributed by atoms with E-state index >= 15 is 0 Å². The third-order valence-corrected chi connectivity index (χ3v) is 5.83. The third kappa shape index (κ3) is 5.84. The van der Waals surface area contributed by atoms with Crippen LogP contribution in [0.5, 0.6) is 0 Å². The Morgan fingerprint density at radius 3 is 2.56 bits per heavy atom. The smallest absolute Gasteiger partial charge is 0.255 e. The van der Waals surface area contributed by atoms with E-state index in [0.717, 1.165) is 32.2 Å². The number of carbonyl (C=O) groups is 2. The minimum absolute atomic E-state index is 0. The Morgan fingerprint density at radius 1 is 1.19 bits per heavy atom. The first-order chi connectivity index (χ1) is 12.5. The molecule has 2 amide bonds. The van der Waals surface area contributed by atoms with E-state index in [0.29, 0.717) is 28.7 Å². The number of benzene rings is 1. The fourth-order valence-corrected chi connectivity index (χ4v) is 4.22. The van der Waals surface area contributed by atoms with Crippen LogP contribution in [0.4, 0.5) is 5.69 Å². The van der Waals surface area contributed by atoms with Crippen LogP contribution in [0.3, 0.4) is 0 Å². The summed E-state index contributed by atoms with van der Waals surface area (Å²) in [5, 5.41) is 6.58. The van der Waals surface area contributed by atoms with Gasteiger partial charge in [-0.1, -0.05) is 30.9 Å². The van der Waals surface area contributed by atoms with Gasteiger partial charge < -0.3 is 15.5 Å². The number of halogens is 2. The zero-order valence-corrected chi connectivity index (χ0v) is 17.4. The SMILES string of the molecule is CN(C(=O)c1ccc(NC(=O)CC2CCCN2)cc1Cl)C1CCCCC1.Cl. The maximum atomic E-state index is 12.8. The lowest BCUT2D eigenvalue weighted by molar-refractivity contribution is -0.116. The molecule has 1 unspecified atom stereocenters. The summed E-state index contributed by atoms with van der Waals surface area (Å²) in [4.78, 5) is 26.7. The number of amides is 2. The van der Waals surface area contributed by atoms with Gasteiger partial charge in [0, 0.05) is 31.2 Å². The Labute approximate surface area is 172 Å². The molecule has 27 heavy (non-hydrogen) atoms. The molecule has 3 rings (SSSR count). The molecule has 1 heterocycles. The van der Waals surface area contributed by atoms with Crippen LogP contribution >= 0.6 is 24.0 Å². The molecular weight excluding hydrogens is 385 g/mol. The Kier molecular flexibility index (Phi) is 8.39. The van der Waals surface area contributed by atoms with Gasteiger partial charge in [-0.25, -0.2) is 0 Å². The predicted octanol–water partition coefficient (Wildman–Crippen LogP) is 4.25. The largest absolute Gasteiger partial charge is 0.339 e. The van der Waals surface area contributed by atoms with Crippen LogP contribution in [0.1, 0.15) is 61.7 Å². The monoisotopic (exact) mass is 413 g/mol. The van der Waals surface area contributed by atoms with Gasteiger partial charge in [-0.15, -0.1) is 12.4 Å². The molecule has 2 aliphatic rings. The molecule has 150 valence electrons. The summed E-state index contributed by atoms with van der Waals surface area (Å²) in [5.41, 5.74) is 1.13. The van der Waals surface area contributed by atoms with Crippen molar-refractivity contribution >= 4 is 41.5 Å². The van der Waals surface area contributed by atoms with E-state index in [2.05, 4.69) is 10.6 Å². The Balaban J connectivity index is 0.00000261. The van der Waals surface area contributed by atoms with Gasteiger partial charge in [0.1, 0.15) is 0 Å². The Morgan fingerprint density at radius 2 is 1.93 bits per heavy atom. The van der Waals surface area contributed by atoms with Crippen LogP contribution < -0.4 is 10.6 Å². The van der Waals surface area contributed by atoms with Crippen molar-refractivity contribution in [3.8, 4) is 0 Å². The van der Waals surface area contributed by atoms with Crippen molar-refractivity contribution in [2.75, 3.05) is 18.9 Å². The second kappa shape index (κ2) is 10.3. The number of carbonyl (C=O) groups excluding carboxylic acids is 2. The first-order valence-electron chi connectivity index (χ1n) is 9.64. The standard InChI is InChI=1S/C20H28ClN3O2.ClH/c1-24(16-7-3-2-4-8-16)20(26)17-10-9-15(12-18(17)21)23-19(25)13-14-6-5-11-22-14;/h9-10,12,14,16,22H,2-8,11,13H2,1H3,(H,23,25);1H. The summed E-state index contributed by atoms with van der Waals surface area (Å²) in [6.07, 6.45) is 8.34. The molecule has 0 aromatic heterocycles. The van der Waals surface area contributed by atoms with E-state index in [9.17, 15) is 9.59 Å². The highest BCUT2D eigenvalue weighted by molar-refractivity contribution is 6.34. The van der Waals surface area contributed by atoms with Crippen molar-refractivity contribution in [1.29, 1.82) is 0 Å². The second-order valence-corrected chi connectivity index (χ2v) is 7.86. The highest BCUT2D eigenvalue weighted by atomic mass is 35.5. The normalized spacial score (nSPS) is 20.0. The molecule has 0 spiro atoms. The van der Waals surface area contributed by atoms with E-state index in [1.165, 1.54) is 19.3 Å². The van der Waals surface area contributed by atoms with E-state index in [4.69, 9.17) is 11.6 Å². The average molecular weight is 414 g/mol. The number of hydrogen-bond donors (Lipinski definition) is 2. The number of rotatable bonds is 5. The highest BCUT2D eigenvalue weighted by Gasteiger charge is 2.24. The first kappa shape index (κ1) is 22.0. The predicted molar refractivity (Wildman–Crippen MR) is 112 cm³/mol. The lowest BCUT2D eigenvalue weighted by atomic mass is 9.94. The number of nitrogens with one attached hydrogen (secondary N) is 2. The summed E-state index contributed by atoms with van der Waals surface area (Å²) in [7, 11) is 1.86. The molecule has 7 heteroatoms. The lowest BCUT2D eigenvalue weighted by Gasteiger charge is -2.31. The minimum Gasteiger partial charge on any atom is -0.339 e. The quantitative estimate of drug-likeness (QED) is 0.758. The van der Waals surface area contributed by atoms with E-state index < -0.39 is 0 Å². The van der Waals surface area contributed by atoms with Gasteiger partial charge in [0.2, 0.25) is 5.91 Å². The molecule has 1 aromatic rings. The van der Waals surface area contributed by atoms with E-state index in [1.807, 2.05) is 11.9 Å². The molecule has 1 aromatic carbocycles. The molecule has 0 radical (unpaired) electrons. The second-order valence-electron chi connectivity index (χ2n) is 7.45. The fourth-order valence-electron chi connectivity index (χ4n) is 3.96. The molecule has 2 fully saturated rings. The lowest BCUT2D eigenvalue weighted by Crippen LogP contribution is -2.38. The molecular formula is C20H29Cl2N3O2. The van der Waals surface area contributed by atoms with Gasteiger partial charge in [-0.2, -0.15) is 0 Å². The molecule has 0 bridgehead atoms. The van der Waals surface area contributed by atoms with Crippen LogP contribution in [-0.4, -0.2) is 42.4 Å². The molecule has 5 nitrogen and oxygen atoms in total. The van der Waals surface area contributed by atoms with Crippen molar-refractivity contribution in [1.82, 2.24) is 10.2 Å². The van der Waals surface area contributed by atoms with Crippen molar-refractivity contribution in [2.24, 2.45) is 0 Å². The maximum absolute atomic E-state index is 12.8. The van der Waals surface area contributed by atoms with Gasteiger partial charge in [0.15, 0.2) is 0 Å². The molecule has 1 aliphatic heterocycles. The Hall–Kier alpha value is -1.30. The molecule has 2 N–H and O–H groups in total. The zero-order valence-electron chi connectivity index (χ0n) is 15.8. The third-order valence-electron chi connectivity index (χ3n) is 5.52. The van der Waals surface area contributed by atoms with Crippen molar-refractivity contribution in [3.05, 3.63) is 28.8 Å². The van der Waals surface area contributed by atoms with Gasteiger partial charge in [0.05, 0.1) is 10.6 Å². The maximum Gasteiger partial charge on any atom is 0.255 e. The number of nitrogens with zero attached hydrogens (tertiary/aromatic N) is 1. The number of anilines is 1. The molecule has 1 atom stereocenters. The Bertz CT molecular complexity index is 657. The minimum atomic E-state index is -0.0464. The number of hydrogen-bond acceptors (Lipinski definition) is 3. The molecule has 1 saturated carbocycles. The van der Waals surface area contributed by atoms with Gasteiger partial charge in [-0.05, 0) is 50.4 Å². The summed E-state index contributed by atoms with van der Waals surface area (Å²) in [6, 6.07) is 5.70. The first-order valence-corrected chi connectivity index (χ1v) is 10.0. The van der Waals surface area contributed by atoms with E-state index in [-0.39, 0.29) is 30.3 Å². The van der Waals surface area contributed by atoms with Crippen molar-refractivity contribution < 1.29 is 9.59 Å². The summed E-state index contributed by atoms with van der Waals surface area (Å²) < 4.78 is 0. The van der Waals surface area contributed by atoms with Crippen LogP contribution in [0.25, 0.3) is 0 Å². The van der Waals surface area contributed by atoms with E-state index in [1.54, 1.807) is 18.2 Å². The summed E-state index contributed by atoms with van der Waals surface area (Å²) in [6.45, 7) is 0.981. The van der Waals surface area contributed by atoms with Gasteiger partial charge in [0.25, 0.3) is 5.91 Å². The fraction of sp³-hybridized carbons (Fsp3) is 0.600. The van der Waals surface area contributed by atoms with Gasteiger partial charge in [-0.3, -0.25) is 9.59 Å². The topological polar surface area (TPSA) is 61.4 Å². The van der Waals surface area contributed by atoms with Crippen LogP contribution in [0.15, 0.2) is 18.2 Å². The highest BCUT2D eigenvalue weighted by Crippen LogP contribution is 2.26. The zero-order chi connectivity index (χ0) is 18.5. The molecule has 1 saturated heterocycles. The van der Waals surface area contributed by atoms with Crippen molar-refractivity contribution in [2.45, 2.75) is 63.5 Å². The van der Waals surface area contributed by atoms with Crippen LogP contribution in [-0.2, 0) is 4.79 Å². The van der Waals surface area contributed by atoms with Gasteiger partial charge >= 0.3 is 0 Å². The molecule has 1 aliphatic carbocycles. The average Bonchev–Trinajstić information content (AvgIpc) is 3.14. The van der Waals surface area contributed by atoms with Crippen LogP contribution in [0.2, 0.25) is 5.02 Å².